The van der Waals surface area contributed by atoms with Crippen molar-refractivity contribution in [2.45, 2.75) is 19.6 Å². The van der Waals surface area contributed by atoms with Crippen molar-refractivity contribution in [1.82, 2.24) is 20.0 Å². The second-order valence-electron chi connectivity index (χ2n) is 5.67. The Balaban J connectivity index is 1.68. The van der Waals surface area contributed by atoms with Crippen molar-refractivity contribution >= 4 is 11.7 Å². The molecule has 122 valence electrons. The summed E-state index contributed by atoms with van der Waals surface area (Å²) in [6.45, 7) is 1.79. The van der Waals surface area contributed by atoms with E-state index in [-0.39, 0.29) is 17.7 Å². The van der Waals surface area contributed by atoms with Gasteiger partial charge >= 0.3 is 0 Å². The molecule has 2 aromatic heterocycles. The Morgan fingerprint density at radius 3 is 2.79 bits per heavy atom. The lowest BCUT2D eigenvalue weighted by molar-refractivity contribution is 0.0996. The van der Waals surface area contributed by atoms with Crippen molar-refractivity contribution in [3.05, 3.63) is 47.5 Å². The molecule has 7 nitrogen and oxygen atoms in total. The summed E-state index contributed by atoms with van der Waals surface area (Å²) in [6, 6.07) is 7.11. The second kappa shape index (κ2) is 5.26. The maximum atomic E-state index is 13.2. The number of alkyl halides is 1. The smallest absolute Gasteiger partial charge is 0.260 e. The highest BCUT2D eigenvalue weighted by Gasteiger charge is 2.30. The lowest BCUT2D eigenvalue weighted by Crippen LogP contribution is -2.23. The number of carbonyl (C=O) groups is 1. The predicted molar refractivity (Wildman–Crippen MR) is 83.0 cm³/mol. The molecule has 24 heavy (non-hydrogen) atoms. The average molecular weight is 327 g/mol. The van der Waals surface area contributed by atoms with Crippen LogP contribution in [0.4, 0.5) is 10.2 Å². The molecule has 0 N–H and O–H groups in total. The number of rotatable bonds is 3. The van der Waals surface area contributed by atoms with Crippen LogP contribution in [0.5, 0.6) is 0 Å². The van der Waals surface area contributed by atoms with Gasteiger partial charge in [-0.25, -0.2) is 4.39 Å². The van der Waals surface area contributed by atoms with Crippen molar-refractivity contribution in [2.24, 2.45) is 7.05 Å². The van der Waals surface area contributed by atoms with E-state index in [1.165, 1.54) is 6.92 Å². The van der Waals surface area contributed by atoms with Crippen LogP contribution in [0, 0.1) is 0 Å². The number of amides is 1. The van der Waals surface area contributed by atoms with Crippen LogP contribution in [-0.4, -0.2) is 25.9 Å². The molecule has 0 bridgehead atoms. The molecule has 0 aliphatic carbocycles. The monoisotopic (exact) mass is 327 g/mol. The van der Waals surface area contributed by atoms with Crippen LogP contribution in [0.1, 0.15) is 34.9 Å². The molecule has 4 rings (SSSR count). The van der Waals surface area contributed by atoms with E-state index in [4.69, 9.17) is 4.42 Å². The third-order valence-corrected chi connectivity index (χ3v) is 3.92. The van der Waals surface area contributed by atoms with Crippen molar-refractivity contribution in [3.8, 4) is 11.5 Å². The van der Waals surface area contributed by atoms with E-state index >= 15 is 0 Å². The number of aryl methyl sites for hydroxylation is 1. The van der Waals surface area contributed by atoms with Crippen molar-refractivity contribution in [1.29, 1.82) is 0 Å². The third kappa shape index (κ3) is 2.27. The van der Waals surface area contributed by atoms with E-state index in [0.717, 1.165) is 5.56 Å². The van der Waals surface area contributed by atoms with E-state index in [9.17, 15) is 9.18 Å². The maximum Gasteiger partial charge on any atom is 0.260 e. The molecule has 0 saturated heterocycles. The normalized spacial score (nSPS) is 15.0. The molecule has 3 aromatic rings. The fraction of sp³-hybridized carbons (Fsp3) is 0.250. The molecular formula is C16H14FN5O2. The standard InChI is InChI=1S/C16H14FN5O2/c1-9(17)14-18-19-15(24-14)10-3-4-11-8-22(16(23)12(11)7-10)13-5-6-21(2)20-13/h3-7,9H,8H2,1-2H3. The van der Waals surface area contributed by atoms with E-state index in [1.807, 2.05) is 6.07 Å². The summed E-state index contributed by atoms with van der Waals surface area (Å²) < 4.78 is 20.2. The SMILES string of the molecule is CC(F)c1nnc(-c2ccc3c(c2)C(=O)N(c2ccn(C)n2)C3)o1. The number of halogens is 1. The minimum atomic E-state index is -1.33. The molecule has 1 aliphatic rings. The molecule has 1 aliphatic heterocycles. The summed E-state index contributed by atoms with van der Waals surface area (Å²) in [4.78, 5) is 14.3. The molecular weight excluding hydrogens is 313 g/mol. The highest BCUT2D eigenvalue weighted by Crippen LogP contribution is 2.31. The number of benzene rings is 1. The molecule has 1 atom stereocenters. The van der Waals surface area contributed by atoms with Crippen molar-refractivity contribution in [3.63, 3.8) is 0 Å². The number of aromatic nitrogens is 4. The summed E-state index contributed by atoms with van der Waals surface area (Å²) in [7, 11) is 1.80. The maximum absolute atomic E-state index is 13.2. The zero-order valence-electron chi connectivity index (χ0n) is 13.1. The summed E-state index contributed by atoms with van der Waals surface area (Å²) in [6.07, 6.45) is 0.455. The van der Waals surface area contributed by atoms with Crippen molar-refractivity contribution in [2.75, 3.05) is 4.90 Å². The van der Waals surface area contributed by atoms with Crippen LogP contribution in [0.2, 0.25) is 0 Å². The molecule has 1 amide bonds. The Hall–Kier alpha value is -3.03. The molecule has 0 fully saturated rings. The number of nitrogens with zero attached hydrogens (tertiary/aromatic N) is 5. The number of hydrogen-bond acceptors (Lipinski definition) is 5. The average Bonchev–Trinajstić information content (AvgIpc) is 3.26. The number of anilines is 1. The van der Waals surface area contributed by atoms with Gasteiger partial charge in [0.25, 0.3) is 11.8 Å². The van der Waals surface area contributed by atoms with Gasteiger partial charge in [0.2, 0.25) is 5.89 Å². The molecule has 8 heteroatoms. The fourth-order valence-electron chi connectivity index (χ4n) is 2.68. The number of hydrogen-bond donors (Lipinski definition) is 0. The highest BCUT2D eigenvalue weighted by atomic mass is 19.1. The van der Waals surface area contributed by atoms with Crippen LogP contribution in [0.25, 0.3) is 11.5 Å². The lowest BCUT2D eigenvalue weighted by atomic mass is 10.1. The van der Waals surface area contributed by atoms with Gasteiger partial charge in [-0.1, -0.05) is 6.07 Å². The Morgan fingerprint density at radius 1 is 1.29 bits per heavy atom. The van der Waals surface area contributed by atoms with Gasteiger partial charge in [0, 0.05) is 30.4 Å². The lowest BCUT2D eigenvalue weighted by Gasteiger charge is -2.11. The van der Waals surface area contributed by atoms with Gasteiger partial charge in [-0.05, 0) is 24.6 Å². The Bertz CT molecular complexity index is 930. The Kier molecular flexibility index (Phi) is 3.19. The summed E-state index contributed by atoms with van der Waals surface area (Å²) >= 11 is 0. The fourth-order valence-corrected chi connectivity index (χ4v) is 2.68. The molecule has 0 radical (unpaired) electrons. The van der Waals surface area contributed by atoms with E-state index in [2.05, 4.69) is 15.3 Å². The zero-order chi connectivity index (χ0) is 16.8. The Morgan fingerprint density at radius 2 is 2.12 bits per heavy atom. The van der Waals surface area contributed by atoms with Crippen LogP contribution < -0.4 is 4.90 Å². The number of fused-ring (bicyclic) bond motifs is 1. The van der Waals surface area contributed by atoms with E-state index in [0.29, 0.717) is 23.5 Å². The first kappa shape index (κ1) is 14.6. The van der Waals surface area contributed by atoms with E-state index in [1.54, 1.807) is 41.0 Å². The quantitative estimate of drug-likeness (QED) is 0.739. The third-order valence-electron chi connectivity index (χ3n) is 3.92. The first-order valence-electron chi connectivity index (χ1n) is 7.45. The molecule has 1 unspecified atom stereocenters. The molecule has 0 spiro atoms. The number of carbonyl (C=O) groups excluding carboxylic acids is 1. The minimum Gasteiger partial charge on any atom is -0.418 e. The second-order valence-corrected chi connectivity index (χ2v) is 5.67. The molecule has 3 heterocycles. The highest BCUT2D eigenvalue weighted by molar-refractivity contribution is 6.10. The van der Waals surface area contributed by atoms with Crippen LogP contribution in [-0.2, 0) is 13.6 Å². The van der Waals surface area contributed by atoms with Gasteiger partial charge in [-0.3, -0.25) is 14.4 Å². The van der Waals surface area contributed by atoms with Crippen molar-refractivity contribution < 1.29 is 13.6 Å². The first-order valence-corrected chi connectivity index (χ1v) is 7.45. The van der Waals surface area contributed by atoms with Gasteiger partial charge in [0.1, 0.15) is 0 Å². The van der Waals surface area contributed by atoms with Gasteiger partial charge in [-0.2, -0.15) is 5.10 Å². The van der Waals surface area contributed by atoms with Gasteiger partial charge in [-0.15, -0.1) is 10.2 Å². The molecule has 1 aromatic carbocycles. The van der Waals surface area contributed by atoms with Crippen LogP contribution in [0.3, 0.4) is 0 Å². The largest absolute Gasteiger partial charge is 0.418 e. The minimum absolute atomic E-state index is 0.0769. The predicted octanol–water partition coefficient (Wildman–Crippen LogP) is 2.66. The zero-order valence-corrected chi connectivity index (χ0v) is 13.1. The summed E-state index contributed by atoms with van der Waals surface area (Å²) in [5.41, 5.74) is 2.04. The first-order chi connectivity index (χ1) is 11.5. The van der Waals surface area contributed by atoms with Gasteiger partial charge in [0.15, 0.2) is 12.0 Å². The van der Waals surface area contributed by atoms with Gasteiger partial charge in [0.05, 0.1) is 6.54 Å². The molecule has 0 saturated carbocycles. The van der Waals surface area contributed by atoms with Crippen LogP contribution in [0.15, 0.2) is 34.9 Å². The van der Waals surface area contributed by atoms with Crippen LogP contribution >= 0.6 is 0 Å². The van der Waals surface area contributed by atoms with Gasteiger partial charge < -0.3 is 4.42 Å². The summed E-state index contributed by atoms with van der Waals surface area (Å²) in [5, 5.41) is 11.8. The van der Waals surface area contributed by atoms with E-state index < -0.39 is 6.17 Å². The summed E-state index contributed by atoms with van der Waals surface area (Å²) in [5.74, 6) is 0.587. The topological polar surface area (TPSA) is 77.1 Å². The Labute approximate surface area is 136 Å².